The highest BCUT2D eigenvalue weighted by molar-refractivity contribution is 5.94. The molecule has 2 atom stereocenters. The van der Waals surface area contributed by atoms with Crippen LogP contribution in [-0.2, 0) is 11.8 Å². The third kappa shape index (κ3) is 3.72. The average Bonchev–Trinajstić information content (AvgIpc) is 3.57. The van der Waals surface area contributed by atoms with Crippen molar-refractivity contribution in [3.8, 4) is 11.3 Å². The summed E-state index contributed by atoms with van der Waals surface area (Å²) in [6, 6.07) is 7.51. The molecule has 0 spiro atoms. The zero-order valence-corrected chi connectivity index (χ0v) is 18.7. The minimum Gasteiger partial charge on any atom is -0.373 e. The second-order valence-electron chi connectivity index (χ2n) is 9.28. The van der Waals surface area contributed by atoms with Gasteiger partial charge in [-0.3, -0.25) is 14.5 Å². The molecule has 3 aromatic heterocycles. The molecule has 1 saturated heterocycles. The van der Waals surface area contributed by atoms with Gasteiger partial charge in [-0.1, -0.05) is 0 Å². The predicted molar refractivity (Wildman–Crippen MR) is 124 cm³/mol. The Bertz CT molecular complexity index is 1460. The van der Waals surface area contributed by atoms with E-state index in [9.17, 15) is 13.6 Å². The molecule has 8 heteroatoms. The first kappa shape index (κ1) is 21.2. The van der Waals surface area contributed by atoms with E-state index < -0.39 is 11.6 Å². The third-order valence-corrected chi connectivity index (χ3v) is 6.90. The number of hydrogen-bond donors (Lipinski definition) is 0. The molecule has 1 saturated carbocycles. The van der Waals surface area contributed by atoms with Crippen molar-refractivity contribution < 1.29 is 13.5 Å². The molecule has 4 heterocycles. The van der Waals surface area contributed by atoms with Gasteiger partial charge in [0.25, 0.3) is 5.56 Å². The van der Waals surface area contributed by atoms with Crippen LogP contribution >= 0.6 is 0 Å². The summed E-state index contributed by atoms with van der Waals surface area (Å²) in [6.45, 7) is 0.552. The topological polar surface area (TPSA) is 61.9 Å². The van der Waals surface area contributed by atoms with E-state index in [1.165, 1.54) is 16.7 Å². The molecule has 0 bridgehead atoms. The highest BCUT2D eigenvalue weighted by atomic mass is 19.1. The second kappa shape index (κ2) is 8.13. The van der Waals surface area contributed by atoms with E-state index in [1.807, 2.05) is 16.9 Å². The van der Waals surface area contributed by atoms with E-state index in [0.29, 0.717) is 35.5 Å². The summed E-state index contributed by atoms with van der Waals surface area (Å²) in [4.78, 5) is 17.8. The minimum atomic E-state index is -0.705. The lowest BCUT2D eigenvalue weighted by molar-refractivity contribution is 0.00463. The zero-order valence-electron chi connectivity index (χ0n) is 18.7. The van der Waals surface area contributed by atoms with E-state index in [4.69, 9.17) is 9.72 Å². The van der Waals surface area contributed by atoms with Crippen LogP contribution in [0.3, 0.4) is 0 Å². The number of halogens is 2. The van der Waals surface area contributed by atoms with Gasteiger partial charge in [0.15, 0.2) is 0 Å². The Morgan fingerprint density at radius 2 is 1.94 bits per heavy atom. The van der Waals surface area contributed by atoms with Gasteiger partial charge >= 0.3 is 0 Å². The van der Waals surface area contributed by atoms with Gasteiger partial charge in [-0.2, -0.15) is 5.10 Å². The Balaban J connectivity index is 1.43. The van der Waals surface area contributed by atoms with E-state index in [0.717, 1.165) is 36.6 Å². The molecule has 0 amide bonds. The Hall–Kier alpha value is -3.39. The van der Waals surface area contributed by atoms with Crippen LogP contribution in [0.15, 0.2) is 53.7 Å². The van der Waals surface area contributed by atoms with Crippen molar-refractivity contribution in [2.24, 2.45) is 7.05 Å². The van der Waals surface area contributed by atoms with Crippen LogP contribution in [0.1, 0.15) is 55.0 Å². The highest BCUT2D eigenvalue weighted by Crippen LogP contribution is 2.40. The standard InChI is InChI=1S/C26H24F2N4O2/c1-31-8-6-19-21(26(31)33)12-23(30-25(19)20-5-2-17(27)11-22(20)28)15-7-9-34-24(10-15)16-13-29-32(14-16)18-3-4-18/h2,5-6,8,11-15,18,24H,3-4,7,9-10H2,1H3/t15-,24-/m0/s1. The molecule has 0 N–H and O–H groups in total. The number of nitrogens with zero attached hydrogens (tertiary/aromatic N) is 4. The number of pyridine rings is 2. The first-order valence-corrected chi connectivity index (χ1v) is 11.6. The summed E-state index contributed by atoms with van der Waals surface area (Å²) < 4.78 is 37.9. The number of benzene rings is 1. The van der Waals surface area contributed by atoms with Crippen molar-refractivity contribution >= 4 is 10.8 Å². The zero-order chi connectivity index (χ0) is 23.4. The first-order chi connectivity index (χ1) is 16.5. The van der Waals surface area contributed by atoms with Gasteiger partial charge in [0.1, 0.15) is 11.6 Å². The molecule has 1 aliphatic carbocycles. The van der Waals surface area contributed by atoms with Gasteiger partial charge in [-0.05, 0) is 49.9 Å². The summed E-state index contributed by atoms with van der Waals surface area (Å²) in [7, 11) is 1.68. The summed E-state index contributed by atoms with van der Waals surface area (Å²) in [5.74, 6) is -1.33. The van der Waals surface area contributed by atoms with Crippen LogP contribution in [0.4, 0.5) is 8.78 Å². The van der Waals surface area contributed by atoms with Crippen molar-refractivity contribution in [2.45, 2.75) is 43.7 Å². The lowest BCUT2D eigenvalue weighted by Crippen LogP contribution is -2.21. The second-order valence-corrected chi connectivity index (χ2v) is 9.28. The van der Waals surface area contributed by atoms with Gasteiger partial charge in [-0.15, -0.1) is 0 Å². The highest BCUT2D eigenvalue weighted by Gasteiger charge is 2.30. The molecule has 2 aliphatic rings. The van der Waals surface area contributed by atoms with Crippen molar-refractivity contribution in [3.63, 3.8) is 0 Å². The monoisotopic (exact) mass is 462 g/mol. The number of fused-ring (bicyclic) bond motifs is 1. The Labute approximate surface area is 194 Å². The molecular weight excluding hydrogens is 438 g/mol. The summed E-state index contributed by atoms with van der Waals surface area (Å²) in [6.07, 6.45) is 9.20. The van der Waals surface area contributed by atoms with Gasteiger partial charge in [0, 0.05) is 60.2 Å². The number of aromatic nitrogens is 4. The van der Waals surface area contributed by atoms with Gasteiger partial charge in [0.2, 0.25) is 0 Å². The molecule has 1 aliphatic heterocycles. The van der Waals surface area contributed by atoms with Crippen molar-refractivity contribution in [3.05, 3.63) is 82.2 Å². The quantitative estimate of drug-likeness (QED) is 0.426. The number of rotatable bonds is 4. The molecule has 0 unspecified atom stereocenters. The number of ether oxygens (including phenoxy) is 1. The van der Waals surface area contributed by atoms with Crippen LogP contribution in [-0.4, -0.2) is 25.9 Å². The van der Waals surface area contributed by atoms with Crippen molar-refractivity contribution in [1.82, 2.24) is 19.3 Å². The summed E-state index contributed by atoms with van der Waals surface area (Å²) >= 11 is 0. The van der Waals surface area contributed by atoms with Crippen LogP contribution in [0.2, 0.25) is 0 Å². The first-order valence-electron chi connectivity index (χ1n) is 11.6. The maximum atomic E-state index is 14.8. The number of aryl methyl sites for hydroxylation is 1. The SMILES string of the molecule is Cn1ccc2c(-c3ccc(F)cc3F)nc([C@H]3CCO[C@H](c4cnn(C5CC5)c4)C3)cc2c1=O. The molecular formula is C26H24F2N4O2. The van der Waals surface area contributed by atoms with E-state index in [1.54, 1.807) is 19.3 Å². The van der Waals surface area contributed by atoms with Gasteiger partial charge < -0.3 is 9.30 Å². The Morgan fingerprint density at radius 3 is 2.74 bits per heavy atom. The summed E-state index contributed by atoms with van der Waals surface area (Å²) in [5.41, 5.74) is 2.11. The van der Waals surface area contributed by atoms with Crippen LogP contribution in [0, 0.1) is 11.6 Å². The third-order valence-electron chi connectivity index (χ3n) is 6.90. The van der Waals surface area contributed by atoms with Crippen LogP contribution < -0.4 is 5.56 Å². The van der Waals surface area contributed by atoms with E-state index in [2.05, 4.69) is 11.3 Å². The smallest absolute Gasteiger partial charge is 0.258 e. The Kier molecular flexibility index (Phi) is 5.06. The maximum Gasteiger partial charge on any atom is 0.258 e. The predicted octanol–water partition coefficient (Wildman–Crippen LogP) is 5.05. The average molecular weight is 463 g/mol. The lowest BCUT2D eigenvalue weighted by Gasteiger charge is -2.29. The fourth-order valence-electron chi connectivity index (χ4n) is 4.82. The van der Waals surface area contributed by atoms with Crippen LogP contribution in [0.5, 0.6) is 0 Å². The van der Waals surface area contributed by atoms with Gasteiger partial charge in [0.05, 0.1) is 29.4 Å². The summed E-state index contributed by atoms with van der Waals surface area (Å²) in [5, 5.41) is 5.51. The minimum absolute atomic E-state index is 0.0274. The molecule has 2 fully saturated rings. The van der Waals surface area contributed by atoms with Crippen molar-refractivity contribution in [1.29, 1.82) is 0 Å². The molecule has 6 nitrogen and oxygen atoms in total. The van der Waals surface area contributed by atoms with Crippen molar-refractivity contribution in [2.75, 3.05) is 6.61 Å². The Morgan fingerprint density at radius 1 is 1.09 bits per heavy atom. The molecule has 6 rings (SSSR count). The molecule has 0 radical (unpaired) electrons. The normalized spacial score (nSPS) is 20.7. The fraction of sp³-hybridized carbons (Fsp3) is 0.346. The largest absolute Gasteiger partial charge is 0.373 e. The van der Waals surface area contributed by atoms with Crippen LogP contribution in [0.25, 0.3) is 22.0 Å². The molecule has 4 aromatic rings. The molecule has 1 aromatic carbocycles. The van der Waals surface area contributed by atoms with Gasteiger partial charge in [-0.25, -0.2) is 8.78 Å². The van der Waals surface area contributed by atoms with E-state index in [-0.39, 0.29) is 23.1 Å². The molecule has 34 heavy (non-hydrogen) atoms. The maximum absolute atomic E-state index is 14.8. The number of hydrogen-bond acceptors (Lipinski definition) is 4. The molecule has 174 valence electrons. The fourth-order valence-corrected chi connectivity index (χ4v) is 4.82. The lowest BCUT2D eigenvalue weighted by atomic mass is 9.89. The van der Waals surface area contributed by atoms with E-state index >= 15 is 0 Å².